The normalized spacial score (nSPS) is 14.6. The van der Waals surface area contributed by atoms with Crippen LogP contribution < -0.4 is 11.1 Å². The quantitative estimate of drug-likeness (QED) is 0.824. The first-order chi connectivity index (χ1) is 8.08. The first-order valence-electron chi connectivity index (χ1n) is 5.49. The summed E-state index contributed by atoms with van der Waals surface area (Å²) in [5.74, 6) is -0.420. The second kappa shape index (κ2) is 6.91. The molecule has 0 aromatic heterocycles. The van der Waals surface area contributed by atoms with Gasteiger partial charge in [0.2, 0.25) is 0 Å². The SMILES string of the molecule is COC(C)CNC(CN)c1ccc(F)c(Cl)c1. The first-order valence-corrected chi connectivity index (χ1v) is 5.87. The fourth-order valence-corrected chi connectivity index (χ4v) is 1.65. The molecule has 1 aromatic carbocycles. The van der Waals surface area contributed by atoms with Crippen LogP contribution in [0.5, 0.6) is 0 Å². The number of benzene rings is 1. The van der Waals surface area contributed by atoms with Gasteiger partial charge in [0.15, 0.2) is 0 Å². The van der Waals surface area contributed by atoms with Crippen LogP contribution in [-0.4, -0.2) is 26.3 Å². The molecule has 3 nitrogen and oxygen atoms in total. The molecule has 1 aromatic rings. The van der Waals surface area contributed by atoms with Gasteiger partial charge in [-0.05, 0) is 24.6 Å². The maximum absolute atomic E-state index is 13.0. The van der Waals surface area contributed by atoms with Gasteiger partial charge in [0.25, 0.3) is 0 Å². The van der Waals surface area contributed by atoms with E-state index in [2.05, 4.69) is 5.32 Å². The van der Waals surface area contributed by atoms with Gasteiger partial charge in [0.05, 0.1) is 11.1 Å². The van der Waals surface area contributed by atoms with Gasteiger partial charge in [-0.1, -0.05) is 17.7 Å². The van der Waals surface area contributed by atoms with Gasteiger partial charge in [-0.3, -0.25) is 0 Å². The lowest BCUT2D eigenvalue weighted by atomic mass is 10.1. The summed E-state index contributed by atoms with van der Waals surface area (Å²) in [4.78, 5) is 0. The Balaban J connectivity index is 2.69. The lowest BCUT2D eigenvalue weighted by molar-refractivity contribution is 0.114. The highest BCUT2D eigenvalue weighted by molar-refractivity contribution is 6.30. The second-order valence-electron chi connectivity index (χ2n) is 3.92. The number of hydrogen-bond acceptors (Lipinski definition) is 3. The summed E-state index contributed by atoms with van der Waals surface area (Å²) in [5, 5.41) is 3.37. The minimum Gasteiger partial charge on any atom is -0.380 e. The van der Waals surface area contributed by atoms with Gasteiger partial charge >= 0.3 is 0 Å². The van der Waals surface area contributed by atoms with E-state index < -0.39 is 5.82 Å². The molecule has 0 heterocycles. The van der Waals surface area contributed by atoms with Crippen LogP contribution in [0.15, 0.2) is 18.2 Å². The van der Waals surface area contributed by atoms with E-state index in [-0.39, 0.29) is 17.2 Å². The molecule has 0 aliphatic carbocycles. The highest BCUT2D eigenvalue weighted by Gasteiger charge is 2.12. The molecule has 0 fully saturated rings. The molecule has 0 spiro atoms. The Morgan fingerprint density at radius 2 is 2.24 bits per heavy atom. The summed E-state index contributed by atoms with van der Waals surface area (Å²) >= 11 is 5.74. The molecule has 0 saturated carbocycles. The molecule has 2 unspecified atom stereocenters. The minimum absolute atomic E-state index is 0.0503. The van der Waals surface area contributed by atoms with Crippen LogP contribution in [0.4, 0.5) is 4.39 Å². The minimum atomic E-state index is -0.420. The Hall–Kier alpha value is -0.680. The predicted molar refractivity (Wildman–Crippen MR) is 67.7 cm³/mol. The number of hydrogen-bond donors (Lipinski definition) is 2. The Labute approximate surface area is 106 Å². The van der Waals surface area contributed by atoms with E-state index in [1.807, 2.05) is 6.92 Å². The summed E-state index contributed by atoms with van der Waals surface area (Å²) in [5.41, 5.74) is 6.56. The summed E-state index contributed by atoms with van der Waals surface area (Å²) in [6, 6.07) is 4.58. The van der Waals surface area contributed by atoms with Gasteiger partial charge < -0.3 is 15.8 Å². The van der Waals surface area contributed by atoms with Gasteiger partial charge in [-0.2, -0.15) is 0 Å². The third-order valence-corrected chi connectivity index (χ3v) is 2.93. The summed E-state index contributed by atoms with van der Waals surface area (Å²) in [6.07, 6.45) is 0.0972. The molecule has 2 atom stereocenters. The number of methoxy groups -OCH3 is 1. The van der Waals surface area contributed by atoms with Crippen molar-refractivity contribution in [2.24, 2.45) is 5.73 Å². The molecule has 5 heteroatoms. The van der Waals surface area contributed by atoms with E-state index in [1.165, 1.54) is 6.07 Å². The predicted octanol–water partition coefficient (Wildman–Crippen LogP) is 2.10. The average Bonchev–Trinajstić information content (AvgIpc) is 2.33. The molecule has 0 radical (unpaired) electrons. The van der Waals surface area contributed by atoms with E-state index in [0.717, 1.165) is 5.56 Å². The number of halogens is 2. The van der Waals surface area contributed by atoms with Crippen LogP contribution >= 0.6 is 11.6 Å². The van der Waals surface area contributed by atoms with Crippen LogP contribution in [0.3, 0.4) is 0 Å². The van der Waals surface area contributed by atoms with Crippen LogP contribution in [0.25, 0.3) is 0 Å². The zero-order valence-corrected chi connectivity index (χ0v) is 10.8. The zero-order chi connectivity index (χ0) is 12.8. The lowest BCUT2D eigenvalue weighted by Gasteiger charge is -2.20. The molecule has 0 saturated heterocycles. The molecule has 0 aliphatic rings. The fraction of sp³-hybridized carbons (Fsp3) is 0.500. The largest absolute Gasteiger partial charge is 0.380 e. The number of nitrogens with one attached hydrogen (secondary N) is 1. The van der Waals surface area contributed by atoms with E-state index in [9.17, 15) is 4.39 Å². The third-order valence-electron chi connectivity index (χ3n) is 2.64. The van der Waals surface area contributed by atoms with E-state index in [0.29, 0.717) is 13.1 Å². The summed E-state index contributed by atoms with van der Waals surface area (Å²) in [6.45, 7) is 3.05. The zero-order valence-electron chi connectivity index (χ0n) is 10.0. The topological polar surface area (TPSA) is 47.3 Å². The average molecular weight is 261 g/mol. The van der Waals surface area contributed by atoms with Gasteiger partial charge in [-0.25, -0.2) is 4.39 Å². The molecular weight excluding hydrogens is 243 g/mol. The van der Waals surface area contributed by atoms with E-state index >= 15 is 0 Å². The van der Waals surface area contributed by atoms with Crippen molar-refractivity contribution in [2.45, 2.75) is 19.1 Å². The molecule has 0 bridgehead atoms. The third kappa shape index (κ3) is 4.24. The highest BCUT2D eigenvalue weighted by Crippen LogP contribution is 2.20. The molecule has 0 aliphatic heterocycles. The molecule has 0 amide bonds. The number of rotatable bonds is 6. The van der Waals surface area contributed by atoms with Crippen molar-refractivity contribution in [3.05, 3.63) is 34.6 Å². The maximum Gasteiger partial charge on any atom is 0.141 e. The molecule has 1 rings (SSSR count). The van der Waals surface area contributed by atoms with E-state index in [1.54, 1.807) is 19.2 Å². The van der Waals surface area contributed by atoms with E-state index in [4.69, 9.17) is 22.1 Å². The Morgan fingerprint density at radius 1 is 1.53 bits per heavy atom. The smallest absolute Gasteiger partial charge is 0.141 e. The van der Waals surface area contributed by atoms with Crippen molar-refractivity contribution in [2.75, 3.05) is 20.2 Å². The Bertz CT molecular complexity index is 362. The lowest BCUT2D eigenvalue weighted by Crippen LogP contribution is -2.34. The van der Waals surface area contributed by atoms with Gasteiger partial charge in [0.1, 0.15) is 5.82 Å². The summed E-state index contributed by atoms with van der Waals surface area (Å²) < 4.78 is 18.2. The number of ether oxygens (including phenoxy) is 1. The number of nitrogens with two attached hydrogens (primary N) is 1. The fourth-order valence-electron chi connectivity index (χ4n) is 1.46. The monoisotopic (exact) mass is 260 g/mol. The molecule has 3 N–H and O–H groups in total. The Kier molecular flexibility index (Phi) is 5.85. The first kappa shape index (κ1) is 14.4. The molecular formula is C12H18ClFN2O. The molecule has 96 valence electrons. The van der Waals surface area contributed by atoms with Crippen molar-refractivity contribution < 1.29 is 9.13 Å². The Morgan fingerprint density at radius 3 is 2.76 bits per heavy atom. The van der Waals surface area contributed by atoms with Gasteiger partial charge in [-0.15, -0.1) is 0 Å². The van der Waals surface area contributed by atoms with Crippen molar-refractivity contribution in [1.82, 2.24) is 5.32 Å². The van der Waals surface area contributed by atoms with Crippen molar-refractivity contribution in [3.8, 4) is 0 Å². The van der Waals surface area contributed by atoms with Crippen molar-refractivity contribution in [1.29, 1.82) is 0 Å². The maximum atomic E-state index is 13.0. The van der Waals surface area contributed by atoms with Crippen LogP contribution in [0.1, 0.15) is 18.5 Å². The molecule has 17 heavy (non-hydrogen) atoms. The van der Waals surface area contributed by atoms with Gasteiger partial charge in [0, 0.05) is 26.2 Å². The second-order valence-corrected chi connectivity index (χ2v) is 4.32. The standard InChI is InChI=1S/C12H18ClFN2O/c1-8(17-2)7-16-12(6-15)9-3-4-11(14)10(13)5-9/h3-5,8,12,16H,6-7,15H2,1-2H3. The van der Waals surface area contributed by atoms with Crippen LogP contribution in [-0.2, 0) is 4.74 Å². The van der Waals surface area contributed by atoms with Crippen molar-refractivity contribution >= 4 is 11.6 Å². The van der Waals surface area contributed by atoms with Crippen LogP contribution in [0, 0.1) is 5.82 Å². The summed E-state index contributed by atoms with van der Waals surface area (Å²) in [7, 11) is 1.65. The van der Waals surface area contributed by atoms with Crippen molar-refractivity contribution in [3.63, 3.8) is 0 Å². The van der Waals surface area contributed by atoms with Crippen LogP contribution in [0.2, 0.25) is 5.02 Å². The highest BCUT2D eigenvalue weighted by atomic mass is 35.5.